The highest BCUT2D eigenvalue weighted by Crippen LogP contribution is 1.93. The number of hydrogen-bond acceptors (Lipinski definition) is 1. The predicted molar refractivity (Wildman–Crippen MR) is 45.6 cm³/mol. The third kappa shape index (κ3) is 5.23. The molecule has 0 aliphatic heterocycles. The predicted octanol–water partition coefficient (Wildman–Crippen LogP) is 1.44. The van der Waals surface area contributed by atoms with E-state index in [1.807, 2.05) is 6.92 Å². The molecule has 0 fully saturated rings. The SMILES string of the molecule is C#CCCC(=O)NC(=C)CC. The molecule has 0 aliphatic rings. The molecule has 0 aromatic carbocycles. The topological polar surface area (TPSA) is 29.1 Å². The van der Waals surface area contributed by atoms with E-state index >= 15 is 0 Å². The normalized spacial score (nSPS) is 8.36. The van der Waals surface area contributed by atoms with E-state index in [4.69, 9.17) is 6.42 Å². The van der Waals surface area contributed by atoms with Crippen LogP contribution in [0.5, 0.6) is 0 Å². The fourth-order valence-corrected chi connectivity index (χ4v) is 0.534. The molecule has 0 saturated heterocycles. The molecule has 0 spiro atoms. The highest BCUT2D eigenvalue weighted by atomic mass is 16.1. The molecule has 2 nitrogen and oxygen atoms in total. The summed E-state index contributed by atoms with van der Waals surface area (Å²) in [6, 6.07) is 0. The third-order valence-electron chi connectivity index (χ3n) is 1.24. The second-order valence-corrected chi connectivity index (χ2v) is 2.21. The Kier molecular flexibility index (Phi) is 4.93. The monoisotopic (exact) mass is 151 g/mol. The van der Waals surface area contributed by atoms with Crippen molar-refractivity contribution in [3.05, 3.63) is 12.3 Å². The average molecular weight is 151 g/mol. The molecule has 0 radical (unpaired) electrons. The van der Waals surface area contributed by atoms with Gasteiger partial charge in [0.15, 0.2) is 0 Å². The first kappa shape index (κ1) is 9.77. The Morgan fingerprint density at radius 1 is 1.73 bits per heavy atom. The maximum atomic E-state index is 10.9. The highest BCUT2D eigenvalue weighted by molar-refractivity contribution is 5.77. The quantitative estimate of drug-likeness (QED) is 0.605. The molecule has 1 amide bonds. The number of carbonyl (C=O) groups is 1. The van der Waals surface area contributed by atoms with Gasteiger partial charge >= 0.3 is 0 Å². The van der Waals surface area contributed by atoms with Gasteiger partial charge in [0.25, 0.3) is 0 Å². The van der Waals surface area contributed by atoms with Crippen molar-refractivity contribution in [2.24, 2.45) is 0 Å². The van der Waals surface area contributed by atoms with Crippen molar-refractivity contribution in [3.63, 3.8) is 0 Å². The molecule has 0 aromatic rings. The number of amides is 1. The van der Waals surface area contributed by atoms with Crippen molar-refractivity contribution in [2.75, 3.05) is 0 Å². The lowest BCUT2D eigenvalue weighted by Gasteiger charge is -2.03. The van der Waals surface area contributed by atoms with Crippen LogP contribution in [-0.2, 0) is 4.79 Å². The summed E-state index contributed by atoms with van der Waals surface area (Å²) in [6.45, 7) is 5.57. The maximum absolute atomic E-state index is 10.9. The van der Waals surface area contributed by atoms with E-state index in [9.17, 15) is 4.79 Å². The second kappa shape index (κ2) is 5.55. The standard InChI is InChI=1S/C9H13NO/c1-4-6-7-9(11)10-8(3)5-2/h1H,3,5-7H2,2H3,(H,10,11). The molecule has 0 atom stereocenters. The molecule has 11 heavy (non-hydrogen) atoms. The summed E-state index contributed by atoms with van der Waals surface area (Å²) in [4.78, 5) is 10.9. The molecule has 0 heterocycles. The molecule has 2 heteroatoms. The zero-order valence-corrected chi connectivity index (χ0v) is 6.81. The Balaban J connectivity index is 3.54. The fraction of sp³-hybridized carbons (Fsp3) is 0.444. The Hall–Kier alpha value is -1.23. The van der Waals surface area contributed by atoms with Gasteiger partial charge < -0.3 is 5.32 Å². The lowest BCUT2D eigenvalue weighted by Crippen LogP contribution is -2.20. The van der Waals surface area contributed by atoms with E-state index in [0.29, 0.717) is 12.8 Å². The fourth-order valence-electron chi connectivity index (χ4n) is 0.534. The van der Waals surface area contributed by atoms with Crippen molar-refractivity contribution < 1.29 is 4.79 Å². The van der Waals surface area contributed by atoms with Crippen molar-refractivity contribution in [1.82, 2.24) is 5.32 Å². The molecular weight excluding hydrogens is 138 g/mol. The molecule has 0 saturated carbocycles. The van der Waals surface area contributed by atoms with Gasteiger partial charge in [0.05, 0.1) is 0 Å². The Bertz CT molecular complexity index is 188. The van der Waals surface area contributed by atoms with Crippen molar-refractivity contribution in [3.8, 4) is 12.3 Å². The molecular formula is C9H13NO. The van der Waals surface area contributed by atoms with E-state index in [-0.39, 0.29) is 5.91 Å². The van der Waals surface area contributed by atoms with Gasteiger partial charge in [0, 0.05) is 18.5 Å². The number of hydrogen-bond donors (Lipinski definition) is 1. The van der Waals surface area contributed by atoms with E-state index in [1.54, 1.807) is 0 Å². The summed E-state index contributed by atoms with van der Waals surface area (Å²) in [5.74, 6) is 2.35. The minimum absolute atomic E-state index is 0.0465. The number of rotatable bonds is 4. The maximum Gasteiger partial charge on any atom is 0.225 e. The van der Waals surface area contributed by atoms with Crippen LogP contribution in [0, 0.1) is 12.3 Å². The number of carbonyl (C=O) groups excluding carboxylic acids is 1. The van der Waals surface area contributed by atoms with Crippen LogP contribution < -0.4 is 5.32 Å². The number of nitrogens with one attached hydrogen (secondary N) is 1. The van der Waals surface area contributed by atoms with Crippen LogP contribution in [0.3, 0.4) is 0 Å². The summed E-state index contributed by atoms with van der Waals surface area (Å²) in [5, 5.41) is 2.64. The molecule has 0 aliphatic carbocycles. The second-order valence-electron chi connectivity index (χ2n) is 2.21. The van der Waals surface area contributed by atoms with E-state index in [0.717, 1.165) is 12.1 Å². The van der Waals surface area contributed by atoms with Crippen LogP contribution in [-0.4, -0.2) is 5.91 Å². The molecule has 1 N–H and O–H groups in total. The van der Waals surface area contributed by atoms with Crippen LogP contribution in [0.2, 0.25) is 0 Å². The van der Waals surface area contributed by atoms with Gasteiger partial charge in [-0.1, -0.05) is 13.5 Å². The third-order valence-corrected chi connectivity index (χ3v) is 1.24. The highest BCUT2D eigenvalue weighted by Gasteiger charge is 1.98. The molecule has 60 valence electrons. The van der Waals surface area contributed by atoms with Gasteiger partial charge in [-0.15, -0.1) is 12.3 Å². The summed E-state index contributed by atoms with van der Waals surface area (Å²) < 4.78 is 0. The molecule has 0 unspecified atom stereocenters. The van der Waals surface area contributed by atoms with Gasteiger partial charge in [-0.2, -0.15) is 0 Å². The number of allylic oxidation sites excluding steroid dienone is 1. The minimum Gasteiger partial charge on any atom is -0.330 e. The number of terminal acetylenes is 1. The van der Waals surface area contributed by atoms with Crippen molar-refractivity contribution >= 4 is 5.91 Å². The van der Waals surface area contributed by atoms with E-state index in [1.165, 1.54) is 0 Å². The summed E-state index contributed by atoms with van der Waals surface area (Å²) >= 11 is 0. The van der Waals surface area contributed by atoms with E-state index in [2.05, 4.69) is 17.8 Å². The van der Waals surface area contributed by atoms with Crippen LogP contribution >= 0.6 is 0 Å². The lowest BCUT2D eigenvalue weighted by atomic mass is 10.3. The molecule has 0 bridgehead atoms. The Labute approximate surface area is 67.7 Å². The van der Waals surface area contributed by atoms with Crippen molar-refractivity contribution in [1.29, 1.82) is 0 Å². The van der Waals surface area contributed by atoms with E-state index < -0.39 is 0 Å². The molecule has 0 rings (SSSR count). The summed E-state index contributed by atoms with van der Waals surface area (Å²) in [7, 11) is 0. The molecule has 0 aromatic heterocycles. The van der Waals surface area contributed by atoms with Gasteiger partial charge in [0.2, 0.25) is 5.91 Å². The largest absolute Gasteiger partial charge is 0.330 e. The van der Waals surface area contributed by atoms with Crippen LogP contribution in [0.1, 0.15) is 26.2 Å². The van der Waals surface area contributed by atoms with Crippen molar-refractivity contribution in [2.45, 2.75) is 26.2 Å². The Morgan fingerprint density at radius 2 is 2.36 bits per heavy atom. The Morgan fingerprint density at radius 3 is 2.82 bits per heavy atom. The summed E-state index contributed by atoms with van der Waals surface area (Å²) in [5.41, 5.74) is 0.743. The van der Waals surface area contributed by atoms with Crippen LogP contribution in [0.15, 0.2) is 12.3 Å². The summed E-state index contributed by atoms with van der Waals surface area (Å²) in [6.07, 6.45) is 6.63. The average Bonchev–Trinajstić information content (AvgIpc) is 2.00. The zero-order valence-electron chi connectivity index (χ0n) is 6.81. The van der Waals surface area contributed by atoms with Crippen LogP contribution in [0.25, 0.3) is 0 Å². The first-order valence-electron chi connectivity index (χ1n) is 3.61. The van der Waals surface area contributed by atoms with Crippen LogP contribution in [0.4, 0.5) is 0 Å². The van der Waals surface area contributed by atoms with Gasteiger partial charge in [-0.05, 0) is 6.42 Å². The van der Waals surface area contributed by atoms with Gasteiger partial charge in [-0.25, -0.2) is 0 Å². The smallest absolute Gasteiger partial charge is 0.225 e. The minimum atomic E-state index is -0.0465. The first-order chi connectivity index (χ1) is 5.20. The van der Waals surface area contributed by atoms with Gasteiger partial charge in [-0.3, -0.25) is 4.79 Å². The first-order valence-corrected chi connectivity index (χ1v) is 3.61. The lowest BCUT2D eigenvalue weighted by molar-refractivity contribution is -0.120. The van der Waals surface area contributed by atoms with Gasteiger partial charge in [0.1, 0.15) is 0 Å². The zero-order chi connectivity index (χ0) is 8.69.